The lowest BCUT2D eigenvalue weighted by Crippen LogP contribution is -2.28. The molecule has 1 saturated carbocycles. The van der Waals surface area contributed by atoms with E-state index in [1.54, 1.807) is 0 Å². The second kappa shape index (κ2) is 6.33. The normalized spacial score (nSPS) is 27.2. The van der Waals surface area contributed by atoms with Gasteiger partial charge in [0.15, 0.2) is 5.78 Å². The minimum atomic E-state index is 0.0926. The summed E-state index contributed by atoms with van der Waals surface area (Å²) in [6.45, 7) is 6.80. The van der Waals surface area contributed by atoms with Gasteiger partial charge in [0.2, 0.25) is 0 Å². The Hall–Kier alpha value is -1.15. The highest BCUT2D eigenvalue weighted by molar-refractivity contribution is 5.97. The highest BCUT2D eigenvalue weighted by atomic mass is 16.5. The van der Waals surface area contributed by atoms with Gasteiger partial charge in [0.25, 0.3) is 0 Å². The topological polar surface area (TPSA) is 26.3 Å². The lowest BCUT2D eigenvalue weighted by atomic mass is 9.80. The molecule has 3 unspecified atom stereocenters. The Morgan fingerprint density at radius 1 is 1.26 bits per heavy atom. The van der Waals surface area contributed by atoms with Crippen LogP contribution in [0.3, 0.4) is 0 Å². The molecule has 0 saturated heterocycles. The summed E-state index contributed by atoms with van der Waals surface area (Å²) in [4.78, 5) is 12.1. The molecule has 0 bridgehead atoms. The first kappa shape index (κ1) is 14.3. The molecule has 0 aromatic heterocycles. The lowest BCUT2D eigenvalue weighted by molar-refractivity contribution is 0.00708. The van der Waals surface area contributed by atoms with Gasteiger partial charge in [-0.05, 0) is 44.1 Å². The molecule has 1 aliphatic rings. The van der Waals surface area contributed by atoms with E-state index in [1.807, 2.05) is 31.2 Å². The van der Waals surface area contributed by atoms with Crippen LogP contribution in [-0.4, -0.2) is 18.5 Å². The summed E-state index contributed by atoms with van der Waals surface area (Å²) >= 11 is 0. The number of Topliss-reactive ketones (excluding diaryl/α,β-unsaturated/α-hetero) is 1. The fourth-order valence-electron chi connectivity index (χ4n) is 2.74. The van der Waals surface area contributed by atoms with Gasteiger partial charge in [-0.15, -0.1) is 0 Å². The van der Waals surface area contributed by atoms with Gasteiger partial charge in [-0.3, -0.25) is 4.79 Å². The second-order valence-electron chi connectivity index (χ2n) is 5.99. The molecule has 3 atom stereocenters. The summed E-state index contributed by atoms with van der Waals surface area (Å²) in [6, 6.07) is 7.72. The van der Waals surface area contributed by atoms with E-state index in [-0.39, 0.29) is 18.5 Å². The van der Waals surface area contributed by atoms with E-state index in [0.717, 1.165) is 29.9 Å². The first-order valence-corrected chi connectivity index (χ1v) is 7.27. The molecule has 2 rings (SSSR count). The van der Waals surface area contributed by atoms with Gasteiger partial charge < -0.3 is 4.74 Å². The van der Waals surface area contributed by atoms with Crippen LogP contribution in [0.4, 0.5) is 0 Å². The highest BCUT2D eigenvalue weighted by Crippen LogP contribution is 2.30. The van der Waals surface area contributed by atoms with Crippen LogP contribution in [0.1, 0.15) is 49.0 Å². The van der Waals surface area contributed by atoms with Gasteiger partial charge in [-0.2, -0.15) is 0 Å². The molecule has 19 heavy (non-hydrogen) atoms. The van der Waals surface area contributed by atoms with Crippen molar-refractivity contribution < 1.29 is 9.53 Å². The van der Waals surface area contributed by atoms with Crippen molar-refractivity contribution in [3.8, 4) is 0 Å². The Bertz CT molecular complexity index is 439. The molecule has 1 aromatic rings. The van der Waals surface area contributed by atoms with E-state index in [0.29, 0.717) is 5.92 Å². The second-order valence-corrected chi connectivity index (χ2v) is 5.99. The van der Waals surface area contributed by atoms with Crippen molar-refractivity contribution in [3.05, 3.63) is 35.4 Å². The molecule has 104 valence electrons. The largest absolute Gasteiger partial charge is 0.370 e. The third kappa shape index (κ3) is 3.90. The smallest absolute Gasteiger partial charge is 0.188 e. The summed E-state index contributed by atoms with van der Waals surface area (Å²) in [5, 5.41) is 0. The molecule has 2 nitrogen and oxygen atoms in total. The van der Waals surface area contributed by atoms with E-state index >= 15 is 0 Å². The van der Waals surface area contributed by atoms with Crippen LogP contribution >= 0.6 is 0 Å². The van der Waals surface area contributed by atoms with Crippen molar-refractivity contribution in [1.82, 2.24) is 0 Å². The fourth-order valence-corrected chi connectivity index (χ4v) is 2.74. The number of hydrogen-bond acceptors (Lipinski definition) is 2. The number of hydrogen-bond donors (Lipinski definition) is 0. The molecule has 1 fully saturated rings. The summed E-state index contributed by atoms with van der Waals surface area (Å²) in [7, 11) is 0. The van der Waals surface area contributed by atoms with Crippen molar-refractivity contribution in [1.29, 1.82) is 0 Å². The molecule has 0 N–H and O–H groups in total. The summed E-state index contributed by atoms with van der Waals surface area (Å²) in [5.74, 6) is 1.58. The van der Waals surface area contributed by atoms with Crippen LogP contribution in [0.2, 0.25) is 0 Å². The van der Waals surface area contributed by atoms with Crippen molar-refractivity contribution in [2.75, 3.05) is 6.61 Å². The maximum Gasteiger partial charge on any atom is 0.188 e. The standard InChI is InChI=1S/C17H24O2/c1-12-5-4-6-15(9-12)17(18)11-19-16-8-7-13(2)14(3)10-16/h4-6,9,13-14,16H,7-8,10-11H2,1-3H3. The Morgan fingerprint density at radius 2 is 2.05 bits per heavy atom. The zero-order valence-electron chi connectivity index (χ0n) is 12.2. The average Bonchev–Trinajstić information content (AvgIpc) is 2.40. The first-order valence-electron chi connectivity index (χ1n) is 7.27. The van der Waals surface area contributed by atoms with Gasteiger partial charge in [0.1, 0.15) is 6.61 Å². The SMILES string of the molecule is Cc1cccc(C(=O)COC2CCC(C)C(C)C2)c1. The summed E-state index contributed by atoms with van der Waals surface area (Å²) < 4.78 is 5.81. The zero-order valence-corrected chi connectivity index (χ0v) is 12.2. The quantitative estimate of drug-likeness (QED) is 0.764. The van der Waals surface area contributed by atoms with Gasteiger partial charge in [-0.25, -0.2) is 0 Å². The van der Waals surface area contributed by atoms with Gasteiger partial charge >= 0.3 is 0 Å². The number of ether oxygens (including phenoxy) is 1. The maximum atomic E-state index is 12.1. The minimum Gasteiger partial charge on any atom is -0.370 e. The van der Waals surface area contributed by atoms with Gasteiger partial charge in [0.05, 0.1) is 6.10 Å². The van der Waals surface area contributed by atoms with Gasteiger partial charge in [0, 0.05) is 5.56 Å². The Labute approximate surface area is 116 Å². The predicted molar refractivity (Wildman–Crippen MR) is 77.4 cm³/mol. The number of carbonyl (C=O) groups excluding carboxylic acids is 1. The van der Waals surface area contributed by atoms with Crippen LogP contribution in [-0.2, 0) is 4.74 Å². The highest BCUT2D eigenvalue weighted by Gasteiger charge is 2.25. The zero-order chi connectivity index (χ0) is 13.8. The van der Waals surface area contributed by atoms with Crippen LogP contribution in [0.5, 0.6) is 0 Å². The molecule has 0 aliphatic heterocycles. The van der Waals surface area contributed by atoms with E-state index < -0.39 is 0 Å². The monoisotopic (exact) mass is 260 g/mol. The number of ketones is 1. The molecule has 0 radical (unpaired) electrons. The number of rotatable bonds is 4. The number of aryl methyl sites for hydroxylation is 1. The van der Waals surface area contributed by atoms with E-state index in [9.17, 15) is 4.79 Å². The summed E-state index contributed by atoms with van der Waals surface area (Å²) in [5.41, 5.74) is 1.88. The van der Waals surface area contributed by atoms with E-state index in [1.165, 1.54) is 6.42 Å². The van der Waals surface area contributed by atoms with Crippen molar-refractivity contribution in [2.45, 2.75) is 46.1 Å². The third-order valence-electron chi connectivity index (χ3n) is 4.34. The molecular formula is C17H24O2. The molecule has 2 heteroatoms. The maximum absolute atomic E-state index is 12.1. The Kier molecular flexibility index (Phi) is 4.76. The Balaban J connectivity index is 1.84. The molecular weight excluding hydrogens is 236 g/mol. The van der Waals surface area contributed by atoms with Crippen molar-refractivity contribution in [3.63, 3.8) is 0 Å². The minimum absolute atomic E-state index is 0.0926. The average molecular weight is 260 g/mol. The Morgan fingerprint density at radius 3 is 2.74 bits per heavy atom. The lowest BCUT2D eigenvalue weighted by Gasteiger charge is -2.31. The van der Waals surface area contributed by atoms with Crippen LogP contribution in [0.25, 0.3) is 0 Å². The van der Waals surface area contributed by atoms with Gasteiger partial charge in [-0.1, -0.05) is 37.6 Å². The van der Waals surface area contributed by atoms with E-state index in [2.05, 4.69) is 13.8 Å². The third-order valence-corrected chi connectivity index (χ3v) is 4.34. The number of benzene rings is 1. The van der Waals surface area contributed by atoms with E-state index in [4.69, 9.17) is 4.74 Å². The molecule has 1 aliphatic carbocycles. The van der Waals surface area contributed by atoms with Crippen LogP contribution in [0.15, 0.2) is 24.3 Å². The summed E-state index contributed by atoms with van der Waals surface area (Å²) in [6.07, 6.45) is 3.65. The van der Waals surface area contributed by atoms with Crippen molar-refractivity contribution in [2.24, 2.45) is 11.8 Å². The molecule has 0 amide bonds. The van der Waals surface area contributed by atoms with Crippen LogP contribution < -0.4 is 0 Å². The predicted octanol–water partition coefficient (Wildman–Crippen LogP) is 4.02. The van der Waals surface area contributed by atoms with Crippen LogP contribution in [0, 0.1) is 18.8 Å². The molecule has 1 aromatic carbocycles. The van der Waals surface area contributed by atoms with Crippen molar-refractivity contribution >= 4 is 5.78 Å². The number of carbonyl (C=O) groups is 1. The molecule has 0 spiro atoms. The first-order chi connectivity index (χ1) is 9.06. The fraction of sp³-hybridized carbons (Fsp3) is 0.588. The molecule has 0 heterocycles.